The highest BCUT2D eigenvalue weighted by atomic mass is 79.9. The van der Waals surface area contributed by atoms with Crippen LogP contribution in [0.1, 0.15) is 35.1 Å². The van der Waals surface area contributed by atoms with Gasteiger partial charge in [-0.15, -0.1) is 5.10 Å². The molecule has 0 aliphatic heterocycles. The average molecular weight is 354 g/mol. The number of aromatic carboxylic acids is 1. The fraction of sp³-hybridized carbons (Fsp3) is 0.357. The van der Waals surface area contributed by atoms with Gasteiger partial charge in [0.05, 0.1) is 19.3 Å². The van der Waals surface area contributed by atoms with Crippen molar-refractivity contribution < 1.29 is 14.6 Å². The topological polar surface area (TPSA) is 77.2 Å². The van der Waals surface area contributed by atoms with E-state index in [9.17, 15) is 4.79 Å². The van der Waals surface area contributed by atoms with Crippen molar-refractivity contribution in [1.29, 1.82) is 0 Å². The molecule has 0 amide bonds. The van der Waals surface area contributed by atoms with Crippen molar-refractivity contribution in [2.24, 2.45) is 0 Å². The second-order valence-corrected chi connectivity index (χ2v) is 5.47. The van der Waals surface area contributed by atoms with E-state index in [2.05, 4.69) is 26.2 Å². The molecule has 1 heterocycles. The van der Waals surface area contributed by atoms with E-state index in [1.807, 2.05) is 25.1 Å². The molecule has 2 aromatic rings. The summed E-state index contributed by atoms with van der Waals surface area (Å²) in [5.41, 5.74) is 1.56. The molecule has 0 bridgehead atoms. The molecule has 1 N–H and O–H groups in total. The zero-order valence-electron chi connectivity index (χ0n) is 11.8. The van der Waals surface area contributed by atoms with Gasteiger partial charge >= 0.3 is 5.97 Å². The monoisotopic (exact) mass is 353 g/mol. The third-order valence-corrected chi connectivity index (χ3v) is 3.58. The van der Waals surface area contributed by atoms with Crippen LogP contribution < -0.4 is 4.74 Å². The fourth-order valence-corrected chi connectivity index (χ4v) is 2.55. The number of rotatable bonds is 6. The number of carboxylic acids is 1. The maximum Gasteiger partial charge on any atom is 0.358 e. The standard InChI is InChI=1S/C14H16BrN3O3/c1-3-4-11-13(14(19)20)16-17-18(11)8-9-7-10(15)5-6-12(9)21-2/h5-7H,3-4,8H2,1-2H3,(H,19,20). The summed E-state index contributed by atoms with van der Waals surface area (Å²) >= 11 is 3.42. The minimum atomic E-state index is -1.05. The third kappa shape index (κ3) is 3.41. The number of halogens is 1. The highest BCUT2D eigenvalue weighted by Crippen LogP contribution is 2.24. The van der Waals surface area contributed by atoms with E-state index in [-0.39, 0.29) is 5.69 Å². The second-order valence-electron chi connectivity index (χ2n) is 4.55. The van der Waals surface area contributed by atoms with Gasteiger partial charge in [-0.25, -0.2) is 9.48 Å². The molecule has 2 rings (SSSR count). The summed E-state index contributed by atoms with van der Waals surface area (Å²) in [4.78, 5) is 11.2. The Morgan fingerprint density at radius 2 is 2.24 bits per heavy atom. The van der Waals surface area contributed by atoms with Crippen molar-refractivity contribution in [3.05, 3.63) is 39.6 Å². The quantitative estimate of drug-likeness (QED) is 0.863. The lowest BCUT2D eigenvalue weighted by atomic mass is 10.1. The first-order valence-electron chi connectivity index (χ1n) is 6.54. The van der Waals surface area contributed by atoms with Crippen LogP contribution in [0.3, 0.4) is 0 Å². The number of hydrogen-bond donors (Lipinski definition) is 1. The Hall–Kier alpha value is -1.89. The SMILES string of the molecule is CCCc1c(C(=O)O)nnn1Cc1cc(Br)ccc1OC. The Morgan fingerprint density at radius 1 is 1.48 bits per heavy atom. The maximum absolute atomic E-state index is 11.2. The van der Waals surface area contributed by atoms with Crippen LogP contribution in [-0.4, -0.2) is 33.2 Å². The predicted molar refractivity (Wildman–Crippen MR) is 80.8 cm³/mol. The van der Waals surface area contributed by atoms with Crippen molar-refractivity contribution in [2.75, 3.05) is 7.11 Å². The van der Waals surface area contributed by atoms with Gasteiger partial charge in [-0.05, 0) is 24.6 Å². The van der Waals surface area contributed by atoms with Crippen molar-refractivity contribution >= 4 is 21.9 Å². The van der Waals surface area contributed by atoms with Crippen LogP contribution in [0.4, 0.5) is 0 Å². The minimum Gasteiger partial charge on any atom is -0.496 e. The summed E-state index contributed by atoms with van der Waals surface area (Å²) < 4.78 is 7.88. The summed E-state index contributed by atoms with van der Waals surface area (Å²) in [6.07, 6.45) is 1.44. The van der Waals surface area contributed by atoms with Crippen LogP contribution in [0.2, 0.25) is 0 Å². The van der Waals surface area contributed by atoms with Crippen molar-refractivity contribution in [1.82, 2.24) is 15.0 Å². The molecule has 1 aromatic heterocycles. The fourth-order valence-electron chi connectivity index (χ4n) is 2.14. The van der Waals surface area contributed by atoms with Crippen LogP contribution >= 0.6 is 15.9 Å². The Bertz CT molecular complexity index is 655. The molecule has 112 valence electrons. The van der Waals surface area contributed by atoms with Gasteiger partial charge in [-0.1, -0.05) is 34.5 Å². The molecule has 21 heavy (non-hydrogen) atoms. The molecule has 0 saturated carbocycles. The molecule has 7 heteroatoms. The number of nitrogens with zero attached hydrogens (tertiary/aromatic N) is 3. The molecule has 0 aliphatic rings. The van der Waals surface area contributed by atoms with Gasteiger partial charge in [0.25, 0.3) is 0 Å². The third-order valence-electron chi connectivity index (χ3n) is 3.09. The number of methoxy groups -OCH3 is 1. The Morgan fingerprint density at radius 3 is 2.86 bits per heavy atom. The molecule has 0 radical (unpaired) electrons. The van der Waals surface area contributed by atoms with Gasteiger partial charge in [0.1, 0.15) is 5.75 Å². The summed E-state index contributed by atoms with van der Waals surface area (Å²) in [7, 11) is 1.60. The van der Waals surface area contributed by atoms with Gasteiger partial charge in [-0.3, -0.25) is 0 Å². The van der Waals surface area contributed by atoms with E-state index < -0.39 is 5.97 Å². The number of carboxylic acid groups (broad SMARTS) is 1. The van der Waals surface area contributed by atoms with Crippen molar-refractivity contribution in [3.63, 3.8) is 0 Å². The molecule has 0 aliphatic carbocycles. The first-order chi connectivity index (χ1) is 10.1. The molecule has 0 atom stereocenters. The van der Waals surface area contributed by atoms with E-state index in [4.69, 9.17) is 9.84 Å². The van der Waals surface area contributed by atoms with Crippen LogP contribution in [-0.2, 0) is 13.0 Å². The first-order valence-corrected chi connectivity index (χ1v) is 7.34. The molecule has 0 saturated heterocycles. The van der Waals surface area contributed by atoms with Crippen LogP contribution in [0.15, 0.2) is 22.7 Å². The largest absolute Gasteiger partial charge is 0.496 e. The average Bonchev–Trinajstić information content (AvgIpc) is 2.83. The molecular weight excluding hydrogens is 338 g/mol. The number of aromatic nitrogens is 3. The summed E-state index contributed by atoms with van der Waals surface area (Å²) in [6.45, 7) is 2.40. The number of ether oxygens (including phenoxy) is 1. The minimum absolute atomic E-state index is 0.0193. The molecular formula is C14H16BrN3O3. The van der Waals surface area contributed by atoms with E-state index >= 15 is 0 Å². The van der Waals surface area contributed by atoms with E-state index in [0.717, 1.165) is 22.2 Å². The highest BCUT2D eigenvalue weighted by Gasteiger charge is 2.19. The van der Waals surface area contributed by atoms with Gasteiger partial charge < -0.3 is 9.84 Å². The molecule has 6 nitrogen and oxygen atoms in total. The Balaban J connectivity index is 2.39. The molecule has 1 aromatic carbocycles. The summed E-state index contributed by atoms with van der Waals surface area (Å²) in [6, 6.07) is 5.67. The van der Waals surface area contributed by atoms with Gasteiger partial charge in [0.2, 0.25) is 0 Å². The summed E-state index contributed by atoms with van der Waals surface area (Å²) in [5, 5.41) is 16.9. The van der Waals surface area contributed by atoms with E-state index in [0.29, 0.717) is 18.7 Å². The van der Waals surface area contributed by atoms with Crippen LogP contribution in [0.5, 0.6) is 5.75 Å². The zero-order chi connectivity index (χ0) is 15.4. The molecule has 0 unspecified atom stereocenters. The highest BCUT2D eigenvalue weighted by molar-refractivity contribution is 9.10. The van der Waals surface area contributed by atoms with Crippen molar-refractivity contribution in [2.45, 2.75) is 26.3 Å². The second kappa shape index (κ2) is 6.71. The summed E-state index contributed by atoms with van der Waals surface area (Å²) in [5.74, 6) is -0.320. The molecule has 0 spiro atoms. The van der Waals surface area contributed by atoms with Gasteiger partial charge in [-0.2, -0.15) is 0 Å². The van der Waals surface area contributed by atoms with E-state index in [1.54, 1.807) is 11.8 Å². The molecule has 0 fully saturated rings. The number of hydrogen-bond acceptors (Lipinski definition) is 4. The number of benzene rings is 1. The maximum atomic E-state index is 11.2. The van der Waals surface area contributed by atoms with Gasteiger partial charge in [0, 0.05) is 10.0 Å². The number of carbonyl (C=O) groups is 1. The van der Waals surface area contributed by atoms with Gasteiger partial charge in [0.15, 0.2) is 5.69 Å². The smallest absolute Gasteiger partial charge is 0.358 e. The normalized spacial score (nSPS) is 10.6. The van der Waals surface area contributed by atoms with Crippen LogP contribution in [0.25, 0.3) is 0 Å². The predicted octanol–water partition coefficient (Wildman–Crippen LogP) is 2.75. The Kier molecular flexibility index (Phi) is 4.95. The Labute approximate surface area is 130 Å². The lowest BCUT2D eigenvalue weighted by Gasteiger charge is -2.11. The lowest BCUT2D eigenvalue weighted by molar-refractivity contribution is 0.0689. The van der Waals surface area contributed by atoms with E-state index in [1.165, 1.54) is 0 Å². The first kappa shape index (κ1) is 15.5. The van der Waals surface area contributed by atoms with Crippen molar-refractivity contribution in [3.8, 4) is 5.75 Å². The van der Waals surface area contributed by atoms with Crippen LogP contribution in [0, 0.1) is 0 Å². The zero-order valence-corrected chi connectivity index (χ0v) is 13.4. The lowest BCUT2D eigenvalue weighted by Crippen LogP contribution is -2.10.